The summed E-state index contributed by atoms with van der Waals surface area (Å²) in [6.07, 6.45) is 3.55. The molecule has 1 aromatic rings. The number of pyridine rings is 1. The van der Waals surface area contributed by atoms with E-state index >= 15 is 0 Å². The first kappa shape index (κ1) is 8.47. The van der Waals surface area contributed by atoms with Crippen LogP contribution in [-0.4, -0.2) is 24.6 Å². The molecule has 2 heterocycles. The Morgan fingerprint density at radius 1 is 1.46 bits per heavy atom. The molecule has 4 N–H and O–H groups in total. The highest BCUT2D eigenvalue weighted by Crippen LogP contribution is 2.18. The largest absolute Gasteiger partial charge is 0.398 e. The highest BCUT2D eigenvalue weighted by atomic mass is 15.1. The van der Waals surface area contributed by atoms with Crippen LogP contribution in [0.25, 0.3) is 0 Å². The van der Waals surface area contributed by atoms with Gasteiger partial charge in [-0.3, -0.25) is 4.98 Å². The van der Waals surface area contributed by atoms with Gasteiger partial charge in [0.05, 0.1) is 0 Å². The number of nitrogens with one attached hydrogen (secondary N) is 2. The van der Waals surface area contributed by atoms with Crippen molar-refractivity contribution in [2.24, 2.45) is 0 Å². The number of nitrogens with zero attached hydrogens (tertiary/aromatic N) is 1. The molecule has 0 radical (unpaired) electrons. The van der Waals surface area contributed by atoms with Crippen molar-refractivity contribution in [1.82, 2.24) is 15.6 Å². The van der Waals surface area contributed by atoms with Crippen molar-refractivity contribution < 1.29 is 0 Å². The fourth-order valence-electron chi connectivity index (χ4n) is 1.58. The van der Waals surface area contributed by atoms with Gasteiger partial charge in [0.25, 0.3) is 0 Å². The maximum atomic E-state index is 5.84. The monoisotopic (exact) mass is 178 g/mol. The fourth-order valence-corrected chi connectivity index (χ4v) is 1.58. The van der Waals surface area contributed by atoms with Crippen molar-refractivity contribution in [3.8, 4) is 0 Å². The number of piperazine rings is 1. The number of hydrogen-bond acceptors (Lipinski definition) is 4. The molecular formula is C9H14N4. The summed E-state index contributed by atoms with van der Waals surface area (Å²) in [5.41, 5.74) is 7.75. The molecule has 0 aromatic carbocycles. The average molecular weight is 178 g/mol. The Balaban J connectivity index is 2.18. The van der Waals surface area contributed by atoms with E-state index in [-0.39, 0.29) is 0 Å². The van der Waals surface area contributed by atoms with Crippen molar-refractivity contribution >= 4 is 5.69 Å². The lowest BCUT2D eigenvalue weighted by molar-refractivity contribution is 0.430. The maximum absolute atomic E-state index is 5.84. The SMILES string of the molecule is Nc1ccncc1C1CNCCN1. The molecule has 1 saturated heterocycles. The van der Waals surface area contributed by atoms with Crippen LogP contribution in [-0.2, 0) is 0 Å². The summed E-state index contributed by atoms with van der Waals surface area (Å²) in [5.74, 6) is 0. The topological polar surface area (TPSA) is 63.0 Å². The maximum Gasteiger partial charge on any atom is 0.0483 e. The highest BCUT2D eigenvalue weighted by Gasteiger charge is 2.15. The number of anilines is 1. The number of nitrogen functional groups attached to an aromatic ring is 1. The van der Waals surface area contributed by atoms with Gasteiger partial charge in [0.1, 0.15) is 0 Å². The van der Waals surface area contributed by atoms with Crippen LogP contribution in [0, 0.1) is 0 Å². The minimum atomic E-state index is 0.308. The molecule has 4 nitrogen and oxygen atoms in total. The zero-order chi connectivity index (χ0) is 9.10. The zero-order valence-electron chi connectivity index (χ0n) is 7.46. The van der Waals surface area contributed by atoms with Gasteiger partial charge in [0, 0.05) is 49.3 Å². The van der Waals surface area contributed by atoms with Gasteiger partial charge < -0.3 is 16.4 Å². The number of hydrogen-bond donors (Lipinski definition) is 3. The molecular weight excluding hydrogens is 164 g/mol. The van der Waals surface area contributed by atoms with Gasteiger partial charge in [-0.25, -0.2) is 0 Å². The Labute approximate surface area is 77.5 Å². The van der Waals surface area contributed by atoms with E-state index in [1.165, 1.54) is 0 Å². The summed E-state index contributed by atoms with van der Waals surface area (Å²) in [7, 11) is 0. The third kappa shape index (κ3) is 1.79. The minimum absolute atomic E-state index is 0.308. The van der Waals surface area contributed by atoms with Crippen LogP contribution in [0.3, 0.4) is 0 Å². The van der Waals surface area contributed by atoms with Crippen molar-refractivity contribution in [2.45, 2.75) is 6.04 Å². The summed E-state index contributed by atoms with van der Waals surface area (Å²) in [6.45, 7) is 2.94. The molecule has 1 aromatic heterocycles. The molecule has 1 fully saturated rings. The van der Waals surface area contributed by atoms with Crippen molar-refractivity contribution in [3.63, 3.8) is 0 Å². The van der Waals surface area contributed by atoms with Gasteiger partial charge in [0.2, 0.25) is 0 Å². The molecule has 4 heteroatoms. The molecule has 2 rings (SSSR count). The Kier molecular flexibility index (Phi) is 2.42. The van der Waals surface area contributed by atoms with E-state index in [9.17, 15) is 0 Å². The Morgan fingerprint density at radius 2 is 2.38 bits per heavy atom. The van der Waals surface area contributed by atoms with Gasteiger partial charge in [-0.05, 0) is 6.07 Å². The Hall–Kier alpha value is -1.13. The lowest BCUT2D eigenvalue weighted by atomic mass is 10.1. The van der Waals surface area contributed by atoms with Crippen LogP contribution in [0.5, 0.6) is 0 Å². The quantitative estimate of drug-likeness (QED) is 0.562. The number of rotatable bonds is 1. The molecule has 1 atom stereocenters. The highest BCUT2D eigenvalue weighted by molar-refractivity contribution is 5.46. The van der Waals surface area contributed by atoms with E-state index in [2.05, 4.69) is 15.6 Å². The average Bonchev–Trinajstić information content (AvgIpc) is 2.20. The third-order valence-electron chi connectivity index (χ3n) is 2.30. The van der Waals surface area contributed by atoms with Crippen molar-refractivity contribution in [2.75, 3.05) is 25.4 Å². The summed E-state index contributed by atoms with van der Waals surface area (Å²) in [4.78, 5) is 4.07. The standard InChI is InChI=1S/C9H14N4/c10-8-1-2-11-5-7(8)9-6-12-3-4-13-9/h1-2,5,9,12-13H,3-4,6H2,(H2,10,11). The van der Waals surface area contributed by atoms with Gasteiger partial charge >= 0.3 is 0 Å². The van der Waals surface area contributed by atoms with E-state index < -0.39 is 0 Å². The third-order valence-corrected chi connectivity index (χ3v) is 2.30. The molecule has 1 aliphatic rings. The van der Waals surface area contributed by atoms with Crippen LogP contribution in [0.4, 0.5) is 5.69 Å². The van der Waals surface area contributed by atoms with Gasteiger partial charge in [-0.1, -0.05) is 0 Å². The first-order valence-electron chi connectivity index (χ1n) is 4.51. The first-order valence-corrected chi connectivity index (χ1v) is 4.51. The van der Waals surface area contributed by atoms with Crippen LogP contribution < -0.4 is 16.4 Å². The molecule has 0 spiro atoms. The normalized spacial score (nSPS) is 22.9. The van der Waals surface area contributed by atoms with Crippen LogP contribution in [0.1, 0.15) is 11.6 Å². The predicted molar refractivity (Wildman–Crippen MR) is 52.3 cm³/mol. The van der Waals surface area contributed by atoms with E-state index in [1.807, 2.05) is 12.3 Å². The van der Waals surface area contributed by atoms with Crippen molar-refractivity contribution in [3.05, 3.63) is 24.0 Å². The Bertz CT molecular complexity index is 281. The second kappa shape index (κ2) is 3.72. The fraction of sp³-hybridized carbons (Fsp3) is 0.444. The predicted octanol–water partition coefficient (Wildman–Crippen LogP) is -0.102. The molecule has 0 saturated carbocycles. The lowest BCUT2D eigenvalue weighted by Gasteiger charge is -2.25. The lowest BCUT2D eigenvalue weighted by Crippen LogP contribution is -2.42. The van der Waals surface area contributed by atoms with Crippen LogP contribution >= 0.6 is 0 Å². The summed E-state index contributed by atoms with van der Waals surface area (Å²) in [5, 5.41) is 6.71. The smallest absolute Gasteiger partial charge is 0.0483 e. The minimum Gasteiger partial charge on any atom is -0.398 e. The molecule has 1 aliphatic heterocycles. The molecule has 13 heavy (non-hydrogen) atoms. The number of aromatic nitrogens is 1. The molecule has 70 valence electrons. The first-order chi connectivity index (χ1) is 6.38. The Morgan fingerprint density at radius 3 is 3.08 bits per heavy atom. The van der Waals surface area contributed by atoms with Gasteiger partial charge in [-0.15, -0.1) is 0 Å². The van der Waals surface area contributed by atoms with E-state index in [1.54, 1.807) is 6.20 Å². The van der Waals surface area contributed by atoms with Gasteiger partial charge in [-0.2, -0.15) is 0 Å². The van der Waals surface area contributed by atoms with Crippen molar-refractivity contribution in [1.29, 1.82) is 0 Å². The molecule has 0 bridgehead atoms. The van der Waals surface area contributed by atoms with Crippen LogP contribution in [0.15, 0.2) is 18.5 Å². The number of nitrogens with two attached hydrogens (primary N) is 1. The van der Waals surface area contributed by atoms with Gasteiger partial charge in [0.15, 0.2) is 0 Å². The summed E-state index contributed by atoms with van der Waals surface area (Å²) < 4.78 is 0. The zero-order valence-corrected chi connectivity index (χ0v) is 7.46. The van der Waals surface area contributed by atoms with E-state index in [0.29, 0.717) is 6.04 Å². The second-order valence-corrected chi connectivity index (χ2v) is 3.22. The van der Waals surface area contributed by atoms with Crippen LogP contribution in [0.2, 0.25) is 0 Å². The summed E-state index contributed by atoms with van der Waals surface area (Å²) in [6, 6.07) is 2.15. The molecule has 0 amide bonds. The summed E-state index contributed by atoms with van der Waals surface area (Å²) >= 11 is 0. The second-order valence-electron chi connectivity index (χ2n) is 3.22. The van der Waals surface area contributed by atoms with E-state index in [4.69, 9.17) is 5.73 Å². The van der Waals surface area contributed by atoms with E-state index in [0.717, 1.165) is 30.9 Å². The molecule has 1 unspecified atom stereocenters. The molecule has 0 aliphatic carbocycles.